The zero-order valence-corrected chi connectivity index (χ0v) is 17.0. The third-order valence-corrected chi connectivity index (χ3v) is 4.90. The highest BCUT2D eigenvalue weighted by Gasteiger charge is 2.35. The molecule has 0 fully saturated rings. The monoisotopic (exact) mass is 419 g/mol. The average molecular weight is 419 g/mol. The van der Waals surface area contributed by atoms with E-state index in [1.165, 1.54) is 6.92 Å². The second-order valence-electron chi connectivity index (χ2n) is 7.10. The molecule has 0 saturated carbocycles. The van der Waals surface area contributed by atoms with E-state index in [1.54, 1.807) is 42.3 Å². The van der Waals surface area contributed by atoms with Crippen molar-refractivity contribution in [3.05, 3.63) is 54.7 Å². The van der Waals surface area contributed by atoms with Gasteiger partial charge in [0.05, 0.1) is 19.7 Å². The van der Waals surface area contributed by atoms with Gasteiger partial charge in [0.2, 0.25) is 11.8 Å². The topological polar surface area (TPSA) is 114 Å². The molecule has 1 aliphatic heterocycles. The van der Waals surface area contributed by atoms with E-state index in [0.29, 0.717) is 17.2 Å². The molecule has 2 heterocycles. The smallest absolute Gasteiger partial charge is 0.251 e. The molecule has 1 unspecified atom stereocenters. The van der Waals surface area contributed by atoms with Crippen LogP contribution in [0, 0.1) is 0 Å². The van der Waals surface area contributed by atoms with Crippen LogP contribution in [0.25, 0.3) is 11.1 Å². The number of nitrogens with one attached hydrogen (secondary N) is 3. The molecule has 0 spiro atoms. The fourth-order valence-electron chi connectivity index (χ4n) is 3.42. The minimum absolute atomic E-state index is 0.0595. The molecule has 4 rings (SSSR count). The lowest BCUT2D eigenvalue weighted by Gasteiger charge is -2.10. The maximum absolute atomic E-state index is 12.5. The molecular weight excluding hydrogens is 398 g/mol. The van der Waals surface area contributed by atoms with Crippen molar-refractivity contribution in [3.63, 3.8) is 0 Å². The maximum atomic E-state index is 12.5. The van der Waals surface area contributed by atoms with E-state index in [0.717, 1.165) is 16.9 Å². The highest BCUT2D eigenvalue weighted by molar-refractivity contribution is 6.04. The fourth-order valence-corrected chi connectivity index (χ4v) is 3.42. The Morgan fingerprint density at radius 2 is 1.71 bits per heavy atom. The van der Waals surface area contributed by atoms with Crippen LogP contribution in [-0.4, -0.2) is 34.6 Å². The zero-order valence-electron chi connectivity index (χ0n) is 17.0. The van der Waals surface area contributed by atoms with Gasteiger partial charge in [-0.05, 0) is 42.0 Å². The van der Waals surface area contributed by atoms with Crippen LogP contribution in [0.4, 0.5) is 17.2 Å². The first-order valence-electron chi connectivity index (χ1n) is 9.65. The second-order valence-corrected chi connectivity index (χ2v) is 7.10. The molecule has 1 aromatic heterocycles. The van der Waals surface area contributed by atoms with Gasteiger partial charge in [-0.25, -0.2) is 4.68 Å². The molecule has 1 aliphatic rings. The van der Waals surface area contributed by atoms with E-state index in [-0.39, 0.29) is 24.1 Å². The van der Waals surface area contributed by atoms with E-state index in [4.69, 9.17) is 4.74 Å². The largest absolute Gasteiger partial charge is 0.497 e. The Kier molecular flexibility index (Phi) is 5.40. The summed E-state index contributed by atoms with van der Waals surface area (Å²) in [7, 11) is 1.60. The van der Waals surface area contributed by atoms with Crippen LogP contribution in [0.15, 0.2) is 54.7 Å². The zero-order chi connectivity index (χ0) is 22.0. The van der Waals surface area contributed by atoms with Gasteiger partial charge in [-0.15, -0.1) is 0 Å². The van der Waals surface area contributed by atoms with Crippen molar-refractivity contribution >= 4 is 34.9 Å². The summed E-state index contributed by atoms with van der Waals surface area (Å²) in [5, 5.41) is 12.6. The van der Waals surface area contributed by atoms with Gasteiger partial charge in [-0.1, -0.05) is 12.1 Å². The predicted molar refractivity (Wildman–Crippen MR) is 116 cm³/mol. The number of amides is 3. The summed E-state index contributed by atoms with van der Waals surface area (Å²) in [6.45, 7) is 1.42. The highest BCUT2D eigenvalue weighted by Crippen LogP contribution is 2.36. The molecule has 3 amide bonds. The number of rotatable bonds is 6. The Hall–Kier alpha value is -4.14. The molecule has 3 N–H and O–H groups in total. The van der Waals surface area contributed by atoms with E-state index in [2.05, 4.69) is 21.0 Å². The van der Waals surface area contributed by atoms with Crippen LogP contribution in [0.5, 0.6) is 5.75 Å². The fraction of sp³-hybridized carbons (Fsp3) is 0.182. The quantitative estimate of drug-likeness (QED) is 0.568. The number of carbonyl (C=O) groups excluding carboxylic acids is 3. The van der Waals surface area contributed by atoms with Crippen LogP contribution in [-0.2, 0) is 14.4 Å². The van der Waals surface area contributed by atoms with Crippen molar-refractivity contribution in [2.45, 2.75) is 19.4 Å². The Bertz CT molecular complexity index is 1140. The maximum Gasteiger partial charge on any atom is 0.251 e. The Balaban J connectivity index is 1.45. The van der Waals surface area contributed by atoms with Crippen LogP contribution in [0.3, 0.4) is 0 Å². The Morgan fingerprint density at radius 1 is 1.06 bits per heavy atom. The van der Waals surface area contributed by atoms with Gasteiger partial charge in [-0.3, -0.25) is 14.4 Å². The molecule has 9 heteroatoms. The predicted octanol–water partition coefficient (Wildman–Crippen LogP) is 3.04. The number of aromatic nitrogens is 2. The summed E-state index contributed by atoms with van der Waals surface area (Å²) < 4.78 is 6.72. The third kappa shape index (κ3) is 4.25. The SMILES string of the molecule is COc1ccc(-c2cnn3c2NC(=O)C3CC(=O)Nc2ccc(NC(C)=O)cc2)cc1. The first kappa shape index (κ1) is 20.1. The summed E-state index contributed by atoms with van der Waals surface area (Å²) in [6, 6.07) is 13.4. The molecule has 0 saturated heterocycles. The number of ether oxygens (including phenoxy) is 1. The average Bonchev–Trinajstić information content (AvgIpc) is 3.28. The summed E-state index contributed by atoms with van der Waals surface area (Å²) >= 11 is 0. The van der Waals surface area contributed by atoms with Crippen molar-refractivity contribution in [3.8, 4) is 16.9 Å². The minimum atomic E-state index is -0.736. The van der Waals surface area contributed by atoms with Gasteiger partial charge in [0.1, 0.15) is 17.6 Å². The van der Waals surface area contributed by atoms with Gasteiger partial charge in [-0.2, -0.15) is 5.10 Å². The molecular formula is C22H21N5O4. The summed E-state index contributed by atoms with van der Waals surface area (Å²) in [6.07, 6.45) is 1.61. The van der Waals surface area contributed by atoms with Crippen LogP contribution < -0.4 is 20.7 Å². The van der Waals surface area contributed by atoms with Gasteiger partial charge in [0, 0.05) is 23.9 Å². The first-order chi connectivity index (χ1) is 14.9. The number of carbonyl (C=O) groups is 3. The van der Waals surface area contributed by atoms with E-state index in [1.807, 2.05) is 24.3 Å². The van der Waals surface area contributed by atoms with Crippen molar-refractivity contribution < 1.29 is 19.1 Å². The lowest BCUT2D eigenvalue weighted by molar-refractivity contribution is -0.123. The molecule has 0 aliphatic carbocycles. The normalized spacial score (nSPS) is 14.5. The lowest BCUT2D eigenvalue weighted by atomic mass is 10.1. The van der Waals surface area contributed by atoms with E-state index in [9.17, 15) is 14.4 Å². The van der Waals surface area contributed by atoms with Gasteiger partial charge < -0.3 is 20.7 Å². The van der Waals surface area contributed by atoms with Gasteiger partial charge in [0.15, 0.2) is 0 Å². The number of methoxy groups -OCH3 is 1. The molecule has 31 heavy (non-hydrogen) atoms. The molecule has 0 radical (unpaired) electrons. The van der Waals surface area contributed by atoms with Crippen LogP contribution >= 0.6 is 0 Å². The molecule has 3 aromatic rings. The van der Waals surface area contributed by atoms with Crippen molar-refractivity contribution in [1.82, 2.24) is 9.78 Å². The molecule has 158 valence electrons. The van der Waals surface area contributed by atoms with Gasteiger partial charge in [0.25, 0.3) is 5.91 Å². The second kappa shape index (κ2) is 8.31. The molecule has 1 atom stereocenters. The number of hydrogen-bond acceptors (Lipinski definition) is 5. The third-order valence-electron chi connectivity index (χ3n) is 4.90. The first-order valence-corrected chi connectivity index (χ1v) is 9.65. The molecule has 9 nitrogen and oxygen atoms in total. The number of anilines is 3. The van der Waals surface area contributed by atoms with E-state index >= 15 is 0 Å². The van der Waals surface area contributed by atoms with Crippen LogP contribution in [0.2, 0.25) is 0 Å². The minimum Gasteiger partial charge on any atom is -0.497 e. The van der Waals surface area contributed by atoms with Crippen molar-refractivity contribution in [2.75, 3.05) is 23.1 Å². The molecule has 2 aromatic carbocycles. The Morgan fingerprint density at radius 3 is 2.32 bits per heavy atom. The Labute approximate surface area is 178 Å². The lowest BCUT2D eigenvalue weighted by Crippen LogP contribution is -2.23. The summed E-state index contributed by atoms with van der Waals surface area (Å²) in [5.74, 6) is 0.521. The van der Waals surface area contributed by atoms with Crippen LogP contribution in [0.1, 0.15) is 19.4 Å². The number of nitrogens with zero attached hydrogens (tertiary/aromatic N) is 2. The molecule has 0 bridgehead atoms. The highest BCUT2D eigenvalue weighted by atomic mass is 16.5. The van der Waals surface area contributed by atoms with Crippen molar-refractivity contribution in [2.24, 2.45) is 0 Å². The van der Waals surface area contributed by atoms with Gasteiger partial charge >= 0.3 is 0 Å². The summed E-state index contributed by atoms with van der Waals surface area (Å²) in [5.41, 5.74) is 2.85. The number of hydrogen-bond donors (Lipinski definition) is 3. The van der Waals surface area contributed by atoms with Crippen molar-refractivity contribution in [1.29, 1.82) is 0 Å². The van der Waals surface area contributed by atoms with E-state index < -0.39 is 6.04 Å². The number of benzene rings is 2. The standard InChI is InChI=1S/C22H21N5O4/c1-13(28)24-15-5-7-16(8-6-15)25-20(29)11-19-22(30)26-21-18(12-23-27(19)21)14-3-9-17(31-2)10-4-14/h3-10,12,19H,11H2,1-2H3,(H,24,28)(H,25,29)(H,26,30). The number of fused-ring (bicyclic) bond motifs is 1. The summed E-state index contributed by atoms with van der Waals surface area (Å²) in [4.78, 5) is 36.1.